The quantitative estimate of drug-likeness (QED) is 0.871. The first-order valence-corrected chi connectivity index (χ1v) is 11.2. The van der Waals surface area contributed by atoms with Gasteiger partial charge in [-0.3, -0.25) is 4.79 Å². The lowest BCUT2D eigenvalue weighted by Gasteiger charge is -2.34. The molecule has 2 aromatic rings. The molecule has 2 heterocycles. The molecule has 144 valence electrons. The third-order valence-electron chi connectivity index (χ3n) is 5.53. The fourth-order valence-corrected chi connectivity index (χ4v) is 5.14. The molecule has 1 saturated carbocycles. The Morgan fingerprint density at radius 3 is 2.56 bits per heavy atom. The van der Waals surface area contributed by atoms with Crippen molar-refractivity contribution in [1.29, 1.82) is 0 Å². The molecule has 27 heavy (non-hydrogen) atoms. The highest BCUT2D eigenvalue weighted by atomic mass is 32.2. The molecule has 0 bridgehead atoms. The summed E-state index contributed by atoms with van der Waals surface area (Å²) in [5.41, 5.74) is 1.96. The molecular weight excluding hydrogens is 364 g/mol. The summed E-state index contributed by atoms with van der Waals surface area (Å²) in [6.07, 6.45) is 7.64. The maximum absolute atomic E-state index is 13.0. The van der Waals surface area contributed by atoms with E-state index in [0.717, 1.165) is 30.2 Å². The summed E-state index contributed by atoms with van der Waals surface area (Å²) in [5, 5.41) is 7.30. The van der Waals surface area contributed by atoms with E-state index in [9.17, 15) is 13.2 Å². The first-order valence-electron chi connectivity index (χ1n) is 9.31. The zero-order valence-corrected chi connectivity index (χ0v) is 16.2. The van der Waals surface area contributed by atoms with Crippen LogP contribution < -0.4 is 5.32 Å². The number of amides is 1. The molecule has 1 aliphatic carbocycles. The van der Waals surface area contributed by atoms with Crippen LogP contribution in [0.3, 0.4) is 0 Å². The van der Waals surface area contributed by atoms with Crippen LogP contribution in [0.5, 0.6) is 0 Å². The Balaban J connectivity index is 1.59. The van der Waals surface area contributed by atoms with Crippen LogP contribution in [0.1, 0.15) is 42.9 Å². The number of hydrogen-bond acceptors (Lipinski definition) is 4. The van der Waals surface area contributed by atoms with Gasteiger partial charge in [0.05, 0.1) is 18.5 Å². The van der Waals surface area contributed by atoms with Crippen molar-refractivity contribution in [3.63, 3.8) is 0 Å². The summed E-state index contributed by atoms with van der Waals surface area (Å²) in [6.45, 7) is 0.217. The second kappa shape index (κ2) is 7.09. The van der Waals surface area contributed by atoms with Gasteiger partial charge < -0.3 is 5.32 Å². The fourth-order valence-electron chi connectivity index (χ4n) is 4.13. The van der Waals surface area contributed by atoms with Crippen LogP contribution in [0.4, 0.5) is 5.82 Å². The van der Waals surface area contributed by atoms with Gasteiger partial charge in [-0.25, -0.2) is 13.1 Å². The molecule has 7 nitrogen and oxygen atoms in total. The second-order valence-electron chi connectivity index (χ2n) is 7.39. The van der Waals surface area contributed by atoms with Gasteiger partial charge in [0.1, 0.15) is 11.9 Å². The summed E-state index contributed by atoms with van der Waals surface area (Å²) < 4.78 is 27.8. The number of fused-ring (bicyclic) bond motifs is 1. The van der Waals surface area contributed by atoms with Crippen molar-refractivity contribution in [3.8, 4) is 0 Å². The lowest BCUT2D eigenvalue weighted by atomic mass is 9.95. The molecule has 0 radical (unpaired) electrons. The Kier molecular flexibility index (Phi) is 4.77. The molecule has 8 heteroatoms. The Hall–Kier alpha value is -2.19. The van der Waals surface area contributed by atoms with Crippen LogP contribution in [0, 0.1) is 0 Å². The van der Waals surface area contributed by atoms with Crippen LogP contribution >= 0.6 is 0 Å². The average molecular weight is 388 g/mol. The van der Waals surface area contributed by atoms with Crippen LogP contribution in [-0.2, 0) is 27.8 Å². The zero-order valence-electron chi connectivity index (χ0n) is 15.3. The molecule has 0 saturated heterocycles. The van der Waals surface area contributed by atoms with Crippen LogP contribution in [0.2, 0.25) is 0 Å². The van der Waals surface area contributed by atoms with Gasteiger partial charge in [-0.15, -0.1) is 0 Å². The third kappa shape index (κ3) is 3.64. The van der Waals surface area contributed by atoms with E-state index in [-0.39, 0.29) is 12.5 Å². The molecule has 1 fully saturated rings. The number of hydrogen-bond donors (Lipinski definition) is 1. The number of carbonyl (C=O) groups is 1. The van der Waals surface area contributed by atoms with Gasteiger partial charge in [0.2, 0.25) is 15.9 Å². The first-order chi connectivity index (χ1) is 12.9. The van der Waals surface area contributed by atoms with Gasteiger partial charge in [0, 0.05) is 12.6 Å². The minimum Gasteiger partial charge on any atom is -0.309 e. The molecule has 1 aliphatic heterocycles. The first kappa shape index (κ1) is 18.2. The normalized spacial score (nSPS) is 21.1. The van der Waals surface area contributed by atoms with E-state index in [4.69, 9.17) is 0 Å². The third-order valence-corrected chi connectivity index (χ3v) is 6.76. The Labute approximate surface area is 159 Å². The zero-order chi connectivity index (χ0) is 19.0. The number of sulfonamides is 1. The van der Waals surface area contributed by atoms with Crippen molar-refractivity contribution in [2.45, 2.75) is 50.7 Å². The Bertz CT molecular complexity index is 947. The predicted molar refractivity (Wildman–Crippen MR) is 103 cm³/mol. The van der Waals surface area contributed by atoms with Crippen molar-refractivity contribution in [2.75, 3.05) is 11.6 Å². The minimum atomic E-state index is -3.52. The van der Waals surface area contributed by atoms with E-state index in [1.54, 1.807) is 12.3 Å². The molecule has 0 unspecified atom stereocenters. The number of nitrogens with zero attached hydrogens (tertiary/aromatic N) is 3. The van der Waals surface area contributed by atoms with Gasteiger partial charge >= 0.3 is 0 Å². The highest BCUT2D eigenvalue weighted by molar-refractivity contribution is 7.88. The number of aromatic nitrogens is 2. The molecule has 1 N–H and O–H groups in total. The molecule has 1 amide bonds. The molecule has 4 rings (SSSR count). The molecule has 2 aliphatic rings. The summed E-state index contributed by atoms with van der Waals surface area (Å²) >= 11 is 0. The van der Waals surface area contributed by atoms with E-state index in [1.165, 1.54) is 17.1 Å². The van der Waals surface area contributed by atoms with E-state index in [2.05, 4.69) is 10.4 Å². The lowest BCUT2D eigenvalue weighted by molar-refractivity contribution is -0.120. The predicted octanol–water partition coefficient (Wildman–Crippen LogP) is 2.32. The van der Waals surface area contributed by atoms with Gasteiger partial charge in [-0.1, -0.05) is 37.1 Å². The van der Waals surface area contributed by atoms with Crippen molar-refractivity contribution in [1.82, 2.24) is 14.1 Å². The monoisotopic (exact) mass is 388 g/mol. The minimum absolute atomic E-state index is 0.217. The van der Waals surface area contributed by atoms with Gasteiger partial charge in [-0.2, -0.15) is 9.40 Å². The number of rotatable bonds is 4. The number of anilines is 1. The molecular formula is C19H24N4O3S. The van der Waals surface area contributed by atoms with Crippen LogP contribution in [0.15, 0.2) is 36.5 Å². The molecule has 0 spiro atoms. The highest BCUT2D eigenvalue weighted by Crippen LogP contribution is 2.32. The van der Waals surface area contributed by atoms with Crippen LogP contribution in [0.25, 0.3) is 0 Å². The highest BCUT2D eigenvalue weighted by Gasteiger charge is 2.37. The molecule has 1 aromatic carbocycles. The average Bonchev–Trinajstić information content (AvgIpc) is 3.31. The maximum atomic E-state index is 13.0. The smallest absolute Gasteiger partial charge is 0.244 e. The van der Waals surface area contributed by atoms with E-state index in [0.29, 0.717) is 18.3 Å². The largest absolute Gasteiger partial charge is 0.309 e. The summed E-state index contributed by atoms with van der Waals surface area (Å²) in [5.74, 6) is 0.328. The van der Waals surface area contributed by atoms with Crippen molar-refractivity contribution in [3.05, 3.63) is 47.7 Å². The van der Waals surface area contributed by atoms with Crippen molar-refractivity contribution in [2.24, 2.45) is 0 Å². The number of nitrogens with one attached hydrogen (secondary N) is 1. The standard InChI is InChI=1S/C19H24N4O3S/c1-27(25,26)22-13-15-7-3-2-6-14(15)12-17(22)19(24)21-18-10-11-20-23(18)16-8-4-5-9-16/h2-3,6-7,10-11,16-17H,4-5,8-9,12-13H2,1H3,(H,21,24)/t17-/m0/s1. The SMILES string of the molecule is CS(=O)(=O)N1Cc2ccccc2C[C@H]1C(=O)Nc1ccnn1C1CCCC1. The molecule has 1 aromatic heterocycles. The Morgan fingerprint density at radius 2 is 1.85 bits per heavy atom. The van der Waals surface area contributed by atoms with Gasteiger partial charge in [0.15, 0.2) is 0 Å². The molecule has 1 atom stereocenters. The van der Waals surface area contributed by atoms with Gasteiger partial charge in [-0.05, 0) is 30.4 Å². The van der Waals surface area contributed by atoms with Crippen molar-refractivity contribution >= 4 is 21.7 Å². The van der Waals surface area contributed by atoms with Crippen molar-refractivity contribution < 1.29 is 13.2 Å². The van der Waals surface area contributed by atoms with Crippen LogP contribution in [-0.4, -0.2) is 40.7 Å². The second-order valence-corrected chi connectivity index (χ2v) is 9.32. The summed E-state index contributed by atoms with van der Waals surface area (Å²) in [7, 11) is -3.52. The van der Waals surface area contributed by atoms with E-state index in [1.807, 2.05) is 28.9 Å². The lowest BCUT2D eigenvalue weighted by Crippen LogP contribution is -2.50. The summed E-state index contributed by atoms with van der Waals surface area (Å²) in [4.78, 5) is 13.0. The fraction of sp³-hybridized carbons (Fsp3) is 0.474. The summed E-state index contributed by atoms with van der Waals surface area (Å²) in [6, 6.07) is 8.99. The topological polar surface area (TPSA) is 84.3 Å². The number of carbonyl (C=O) groups excluding carboxylic acids is 1. The Morgan fingerprint density at radius 1 is 1.15 bits per heavy atom. The van der Waals surface area contributed by atoms with E-state index < -0.39 is 16.1 Å². The maximum Gasteiger partial charge on any atom is 0.244 e. The van der Waals surface area contributed by atoms with Gasteiger partial charge in [0.25, 0.3) is 0 Å². The number of benzene rings is 1. The van der Waals surface area contributed by atoms with E-state index >= 15 is 0 Å².